The lowest BCUT2D eigenvalue weighted by atomic mass is 10.1. The monoisotopic (exact) mass is 449 g/mol. The average molecular weight is 449 g/mol. The topological polar surface area (TPSA) is 109 Å². The zero-order chi connectivity index (χ0) is 23.6. The van der Waals surface area contributed by atoms with Gasteiger partial charge in [-0.15, -0.1) is 6.42 Å². The molecule has 0 saturated carbocycles. The van der Waals surface area contributed by atoms with Gasteiger partial charge in [-0.3, -0.25) is 9.59 Å². The van der Waals surface area contributed by atoms with Gasteiger partial charge in [-0.25, -0.2) is 9.97 Å². The van der Waals surface area contributed by atoms with E-state index >= 15 is 0 Å². The molecule has 0 radical (unpaired) electrons. The lowest BCUT2D eigenvalue weighted by Crippen LogP contribution is -2.10. The molecule has 0 aliphatic heterocycles. The Morgan fingerprint density at radius 3 is 2.36 bits per heavy atom. The van der Waals surface area contributed by atoms with Gasteiger partial charge in [0.05, 0.1) is 11.2 Å². The molecule has 0 amide bonds. The number of carbonyl (C=O) groups is 2. The number of nitrogens with one attached hydrogen (secondary N) is 1. The van der Waals surface area contributed by atoms with Gasteiger partial charge in [0.15, 0.2) is 0 Å². The minimum absolute atomic E-state index is 0.127. The first-order valence-electron chi connectivity index (χ1n) is 10.1. The fraction of sp³-hybridized carbons (Fsp3) is 0.250. The van der Waals surface area contributed by atoms with E-state index in [9.17, 15) is 9.59 Å². The van der Waals surface area contributed by atoms with E-state index in [-0.39, 0.29) is 38.4 Å². The molecule has 170 valence electrons. The van der Waals surface area contributed by atoms with E-state index in [0.29, 0.717) is 34.1 Å². The normalized spacial score (nSPS) is 10.2. The molecule has 2 aromatic carbocycles. The molecule has 0 aliphatic carbocycles. The molecule has 9 heteroatoms. The highest BCUT2D eigenvalue weighted by atomic mass is 16.6. The summed E-state index contributed by atoms with van der Waals surface area (Å²) in [5, 5.41) is 4.00. The Hall–Kier alpha value is -4.32. The predicted octanol–water partition coefficient (Wildman–Crippen LogP) is 3.24. The summed E-state index contributed by atoms with van der Waals surface area (Å²) in [4.78, 5) is 30.4. The second kappa shape index (κ2) is 11.3. The van der Waals surface area contributed by atoms with E-state index in [2.05, 4.69) is 21.2 Å². The van der Waals surface area contributed by atoms with Gasteiger partial charge >= 0.3 is 11.9 Å². The van der Waals surface area contributed by atoms with Crippen LogP contribution in [0.4, 0.5) is 11.5 Å². The van der Waals surface area contributed by atoms with Gasteiger partial charge in [0.2, 0.25) is 0 Å². The Kier molecular flexibility index (Phi) is 8.02. The Bertz CT molecular complexity index is 1190. The zero-order valence-corrected chi connectivity index (χ0v) is 18.3. The van der Waals surface area contributed by atoms with Crippen LogP contribution in [0.5, 0.6) is 11.5 Å². The molecular formula is C24H23N3O6. The summed E-state index contributed by atoms with van der Waals surface area (Å²) in [5.74, 6) is 3.52. The fourth-order valence-corrected chi connectivity index (χ4v) is 2.88. The summed E-state index contributed by atoms with van der Waals surface area (Å²) in [7, 11) is 0. The maximum Gasteiger partial charge on any atom is 0.302 e. The minimum atomic E-state index is -0.373. The van der Waals surface area contributed by atoms with Crippen LogP contribution in [-0.2, 0) is 19.1 Å². The maximum absolute atomic E-state index is 10.9. The first-order valence-corrected chi connectivity index (χ1v) is 10.1. The highest BCUT2D eigenvalue weighted by Crippen LogP contribution is 2.31. The van der Waals surface area contributed by atoms with E-state index in [1.165, 1.54) is 20.2 Å². The molecule has 0 spiro atoms. The fourth-order valence-electron chi connectivity index (χ4n) is 2.88. The quantitative estimate of drug-likeness (QED) is 0.283. The molecule has 0 bridgehead atoms. The molecule has 0 fully saturated rings. The number of nitrogens with zero attached hydrogens (tertiary/aromatic N) is 2. The molecule has 0 saturated heterocycles. The van der Waals surface area contributed by atoms with Crippen LogP contribution in [0.15, 0.2) is 42.7 Å². The molecule has 0 atom stereocenters. The number of fused-ring (bicyclic) bond motifs is 1. The van der Waals surface area contributed by atoms with E-state index in [1.807, 2.05) is 6.07 Å². The maximum atomic E-state index is 10.9. The Morgan fingerprint density at radius 1 is 0.939 bits per heavy atom. The number of aromatic nitrogens is 2. The summed E-state index contributed by atoms with van der Waals surface area (Å²) < 4.78 is 21.1. The van der Waals surface area contributed by atoms with E-state index in [0.717, 1.165) is 5.39 Å². The molecule has 9 nitrogen and oxygen atoms in total. The van der Waals surface area contributed by atoms with E-state index in [4.69, 9.17) is 25.4 Å². The standard InChI is InChI=1S/C24H23N3O6/c1-4-18-5-8-23(33-12-10-31-17(3)29)22(13-18)27-24-20-7-6-19(14-21(20)25-15-26-24)32-11-9-30-16(2)28/h1,5-8,13-15H,9-12H2,2-3H3,(H,25,26,27). The predicted molar refractivity (Wildman–Crippen MR) is 121 cm³/mol. The largest absolute Gasteiger partial charge is 0.490 e. The second-order valence-electron chi connectivity index (χ2n) is 6.76. The van der Waals surface area contributed by atoms with Crippen LogP contribution in [-0.4, -0.2) is 48.3 Å². The van der Waals surface area contributed by atoms with Crippen LogP contribution < -0.4 is 14.8 Å². The van der Waals surface area contributed by atoms with Crippen molar-refractivity contribution < 1.29 is 28.5 Å². The summed E-state index contributed by atoms with van der Waals surface area (Å²) in [6.45, 7) is 3.39. The van der Waals surface area contributed by atoms with Crippen molar-refractivity contribution in [2.45, 2.75) is 13.8 Å². The number of benzene rings is 2. The second-order valence-corrected chi connectivity index (χ2v) is 6.76. The van der Waals surface area contributed by atoms with Gasteiger partial charge in [0.1, 0.15) is 50.1 Å². The lowest BCUT2D eigenvalue weighted by molar-refractivity contribution is -0.142. The molecule has 1 aromatic heterocycles. The number of carbonyl (C=O) groups excluding carboxylic acids is 2. The van der Waals surface area contributed by atoms with Gasteiger partial charge < -0.3 is 24.3 Å². The Morgan fingerprint density at radius 2 is 1.67 bits per heavy atom. The summed E-state index contributed by atoms with van der Waals surface area (Å²) in [5.41, 5.74) is 1.92. The van der Waals surface area contributed by atoms with Gasteiger partial charge in [-0.1, -0.05) is 5.92 Å². The molecule has 3 rings (SSSR count). The summed E-state index contributed by atoms with van der Waals surface area (Å²) in [6, 6.07) is 10.6. The van der Waals surface area contributed by atoms with Gasteiger partial charge in [-0.05, 0) is 30.3 Å². The molecule has 3 aromatic rings. The van der Waals surface area contributed by atoms with Crippen molar-refractivity contribution in [2.24, 2.45) is 0 Å². The third-order valence-electron chi connectivity index (χ3n) is 4.31. The number of rotatable bonds is 10. The van der Waals surface area contributed by atoms with Gasteiger partial charge in [0.25, 0.3) is 0 Å². The van der Waals surface area contributed by atoms with Crippen LogP contribution in [0.1, 0.15) is 19.4 Å². The lowest BCUT2D eigenvalue weighted by Gasteiger charge is -2.15. The smallest absolute Gasteiger partial charge is 0.302 e. The average Bonchev–Trinajstić information content (AvgIpc) is 2.80. The number of ether oxygens (including phenoxy) is 4. The van der Waals surface area contributed by atoms with Crippen LogP contribution >= 0.6 is 0 Å². The van der Waals surface area contributed by atoms with E-state index in [1.54, 1.807) is 30.3 Å². The van der Waals surface area contributed by atoms with Gasteiger partial charge in [0, 0.05) is 30.9 Å². The summed E-state index contributed by atoms with van der Waals surface area (Å²) in [6.07, 6.45) is 6.98. The first-order chi connectivity index (χ1) is 16.0. The van der Waals surface area contributed by atoms with Crippen molar-refractivity contribution in [3.05, 3.63) is 48.3 Å². The Balaban J connectivity index is 1.78. The number of hydrogen-bond donors (Lipinski definition) is 1. The van der Waals surface area contributed by atoms with Crippen LogP contribution in [0.25, 0.3) is 10.9 Å². The van der Waals surface area contributed by atoms with Crippen molar-refractivity contribution in [3.63, 3.8) is 0 Å². The minimum Gasteiger partial charge on any atom is -0.490 e. The molecular weight excluding hydrogens is 426 g/mol. The highest BCUT2D eigenvalue weighted by molar-refractivity contribution is 5.92. The SMILES string of the molecule is C#Cc1ccc(OCCOC(C)=O)c(Nc2ncnc3cc(OCCOC(C)=O)ccc23)c1. The number of hydrogen-bond acceptors (Lipinski definition) is 9. The van der Waals surface area contributed by atoms with Crippen molar-refractivity contribution in [3.8, 4) is 23.8 Å². The first kappa shape index (κ1) is 23.3. The highest BCUT2D eigenvalue weighted by Gasteiger charge is 2.11. The van der Waals surface area contributed by atoms with Crippen molar-refractivity contribution in [1.82, 2.24) is 9.97 Å². The van der Waals surface area contributed by atoms with Gasteiger partial charge in [-0.2, -0.15) is 0 Å². The number of anilines is 2. The number of terminal acetylenes is 1. The van der Waals surface area contributed by atoms with Crippen LogP contribution in [0.2, 0.25) is 0 Å². The van der Waals surface area contributed by atoms with Crippen LogP contribution in [0.3, 0.4) is 0 Å². The van der Waals surface area contributed by atoms with Crippen LogP contribution in [0, 0.1) is 12.3 Å². The van der Waals surface area contributed by atoms with Crippen molar-refractivity contribution in [1.29, 1.82) is 0 Å². The molecule has 0 aliphatic rings. The third kappa shape index (κ3) is 6.83. The third-order valence-corrected chi connectivity index (χ3v) is 4.31. The molecule has 1 N–H and O–H groups in total. The zero-order valence-electron chi connectivity index (χ0n) is 18.3. The van der Waals surface area contributed by atoms with E-state index < -0.39 is 0 Å². The molecule has 0 unspecified atom stereocenters. The number of esters is 2. The Labute approximate surface area is 191 Å². The summed E-state index contributed by atoms with van der Waals surface area (Å²) >= 11 is 0. The molecule has 33 heavy (non-hydrogen) atoms. The van der Waals surface area contributed by atoms with Crippen molar-refractivity contribution in [2.75, 3.05) is 31.7 Å². The van der Waals surface area contributed by atoms with Crippen molar-refractivity contribution >= 4 is 34.3 Å². The molecule has 1 heterocycles.